The van der Waals surface area contributed by atoms with Crippen LogP contribution in [0.5, 0.6) is 0 Å². The van der Waals surface area contributed by atoms with E-state index in [2.05, 4.69) is 31.7 Å². The molecule has 49 heavy (non-hydrogen) atoms. The van der Waals surface area contributed by atoms with E-state index in [0.29, 0.717) is 16.7 Å². The Hall–Kier alpha value is -3.90. The highest BCUT2D eigenvalue weighted by Gasteiger charge is 2.54. The Morgan fingerprint density at radius 2 is 1.98 bits per heavy atom. The van der Waals surface area contributed by atoms with Crippen molar-refractivity contribution in [2.24, 2.45) is 5.16 Å². The number of thiazole rings is 1. The monoisotopic (exact) mass is 739 g/mol. The number of nitrogens with two attached hydrogens (primary N) is 1. The molecule has 3 aromatic rings. The van der Waals surface area contributed by atoms with Gasteiger partial charge in [-0.05, 0) is 60.9 Å². The van der Waals surface area contributed by atoms with Crippen molar-refractivity contribution in [3.63, 3.8) is 0 Å². The highest BCUT2D eigenvalue weighted by atomic mass is 32.2. The van der Waals surface area contributed by atoms with Gasteiger partial charge in [-0.2, -0.15) is 0 Å². The van der Waals surface area contributed by atoms with Crippen molar-refractivity contribution in [2.45, 2.75) is 47.4 Å². The number of β-lactam (4-membered cyclic amide) rings is 1. The van der Waals surface area contributed by atoms with Crippen LogP contribution in [0.15, 0.2) is 66.6 Å². The molecule has 7 rings (SSSR count). The molecule has 3 fully saturated rings. The maximum absolute atomic E-state index is 13.4. The number of aromatic nitrogens is 1. The molecule has 1 saturated carbocycles. The van der Waals surface area contributed by atoms with Gasteiger partial charge in [0.1, 0.15) is 28.9 Å². The number of benzene rings is 1. The van der Waals surface area contributed by atoms with Crippen LogP contribution in [-0.4, -0.2) is 87.9 Å². The Morgan fingerprint density at radius 1 is 1.18 bits per heavy atom. The zero-order chi connectivity index (χ0) is 34.1. The van der Waals surface area contributed by atoms with Gasteiger partial charge < -0.3 is 31.2 Å². The molecule has 2 aromatic heterocycles. The minimum atomic E-state index is -1.24. The lowest BCUT2D eigenvalue weighted by Gasteiger charge is -2.49. The van der Waals surface area contributed by atoms with E-state index in [1.165, 1.54) is 39.8 Å². The first-order valence-corrected chi connectivity index (χ1v) is 19.4. The minimum Gasteiger partial charge on any atom is -0.477 e. The Morgan fingerprint density at radius 3 is 2.71 bits per heavy atom. The lowest BCUT2D eigenvalue weighted by molar-refractivity contribution is -0.150. The zero-order valence-electron chi connectivity index (χ0n) is 26.1. The number of carboxylic acids is 1. The quantitative estimate of drug-likeness (QED) is 0.103. The Kier molecular flexibility index (Phi) is 9.96. The fourth-order valence-electron chi connectivity index (χ4n) is 6.19. The van der Waals surface area contributed by atoms with Crippen LogP contribution in [0.3, 0.4) is 0 Å². The van der Waals surface area contributed by atoms with Gasteiger partial charge in [0.25, 0.3) is 11.8 Å². The average Bonchev–Trinajstić information content (AvgIpc) is 3.79. The topological polar surface area (TPSA) is 180 Å². The van der Waals surface area contributed by atoms with Crippen LogP contribution in [0, 0.1) is 0 Å². The SMILES string of the molecule is Nc1nc(C(=NOC2CCCC2)C(=O)NC2C(=O)N3C(C(=O)O)=C(C=CSc4cc(=O)c5ccc(N6CCNCC6)cc5s4)CS[C@@H]23)cs1. The van der Waals surface area contributed by atoms with Gasteiger partial charge in [0.05, 0.1) is 4.21 Å². The molecule has 3 aliphatic heterocycles. The van der Waals surface area contributed by atoms with Crippen molar-refractivity contribution in [1.82, 2.24) is 20.5 Å². The second-order valence-electron chi connectivity index (χ2n) is 11.8. The summed E-state index contributed by atoms with van der Waals surface area (Å²) in [6, 6.07) is 6.55. The molecule has 1 unspecified atom stereocenters. The number of oxime groups is 1. The second-order valence-corrected chi connectivity index (χ2v) is 16.1. The zero-order valence-corrected chi connectivity index (χ0v) is 29.4. The van der Waals surface area contributed by atoms with E-state index >= 15 is 0 Å². The predicted molar refractivity (Wildman–Crippen MR) is 194 cm³/mol. The third-order valence-corrected chi connectivity index (χ3v) is 12.7. The Bertz CT molecular complexity index is 1950. The third kappa shape index (κ3) is 7.08. The van der Waals surface area contributed by atoms with Gasteiger partial charge in [0.15, 0.2) is 16.3 Å². The number of piperazine rings is 1. The summed E-state index contributed by atoms with van der Waals surface area (Å²) in [7, 11) is 0. The number of nitrogens with one attached hydrogen (secondary N) is 2. The molecule has 13 nitrogen and oxygen atoms in total. The van der Waals surface area contributed by atoms with Crippen LogP contribution in [0.4, 0.5) is 10.8 Å². The molecule has 0 bridgehead atoms. The highest BCUT2D eigenvalue weighted by molar-refractivity contribution is 8.04. The van der Waals surface area contributed by atoms with E-state index in [1.807, 2.05) is 12.1 Å². The minimum absolute atomic E-state index is 0.0752. The number of carbonyl (C=O) groups excluding carboxylic acids is 2. The summed E-state index contributed by atoms with van der Waals surface area (Å²) in [4.78, 5) is 65.4. The lowest BCUT2D eigenvalue weighted by Crippen LogP contribution is -2.71. The van der Waals surface area contributed by atoms with Crippen LogP contribution in [0.2, 0.25) is 0 Å². The number of nitrogens with zero attached hydrogens (tertiary/aromatic N) is 4. The van der Waals surface area contributed by atoms with Gasteiger partial charge in [-0.3, -0.25) is 19.3 Å². The standard InChI is InChI=1S/C32H33N7O6S4/c33-32-35-21(16-48-32)25(37-45-19-3-1-2-4-19)28(41)36-26-29(42)39-27(31(43)44)17(15-47-30(26)39)7-12-46-24-14-22(40)20-6-5-18(13-23(20)49-24)38-10-8-34-9-11-38/h5-7,12-14,16,19,26,30,34H,1-4,8-11,15H2,(H2,33,35)(H,36,41)(H,43,44)/t26?,30-/m0/s1. The summed E-state index contributed by atoms with van der Waals surface area (Å²) in [6.07, 6.45) is 5.30. The summed E-state index contributed by atoms with van der Waals surface area (Å²) in [6.45, 7) is 3.62. The Labute approximate surface area is 297 Å². The van der Waals surface area contributed by atoms with Crippen LogP contribution < -0.4 is 26.7 Å². The highest BCUT2D eigenvalue weighted by Crippen LogP contribution is 2.41. The number of rotatable bonds is 10. The maximum atomic E-state index is 13.4. The molecule has 17 heteroatoms. The summed E-state index contributed by atoms with van der Waals surface area (Å²) in [5.74, 6) is -2.13. The third-order valence-electron chi connectivity index (χ3n) is 8.69. The molecule has 2 amide bonds. The average molecular weight is 740 g/mol. The Balaban J connectivity index is 1.05. The number of aliphatic carboxylic acids is 1. The number of allylic oxidation sites excluding steroid dienone is 1. The van der Waals surface area contributed by atoms with E-state index in [9.17, 15) is 24.3 Å². The van der Waals surface area contributed by atoms with Crippen molar-refractivity contribution in [3.8, 4) is 0 Å². The first-order chi connectivity index (χ1) is 23.8. The van der Waals surface area contributed by atoms with Crippen molar-refractivity contribution in [3.05, 3.63) is 68.3 Å². The number of thioether (sulfide) groups is 2. The summed E-state index contributed by atoms with van der Waals surface area (Å²) < 4.78 is 1.65. The number of carboxylic acid groups (broad SMARTS) is 1. The fourth-order valence-corrected chi connectivity index (χ4v) is 10.1. The van der Waals surface area contributed by atoms with Gasteiger partial charge in [0, 0.05) is 59.2 Å². The van der Waals surface area contributed by atoms with E-state index in [-0.39, 0.29) is 33.8 Å². The van der Waals surface area contributed by atoms with Gasteiger partial charge >= 0.3 is 5.97 Å². The molecule has 1 aliphatic carbocycles. The van der Waals surface area contributed by atoms with E-state index in [1.54, 1.807) is 22.9 Å². The van der Waals surface area contributed by atoms with Gasteiger partial charge in [-0.25, -0.2) is 9.78 Å². The molecular weight excluding hydrogens is 707 g/mol. The van der Waals surface area contributed by atoms with E-state index < -0.39 is 29.2 Å². The molecule has 2 atom stereocenters. The molecule has 5 heterocycles. The number of carbonyl (C=O) groups is 3. The smallest absolute Gasteiger partial charge is 0.352 e. The summed E-state index contributed by atoms with van der Waals surface area (Å²) in [5, 5.41) is 24.0. The van der Waals surface area contributed by atoms with Crippen LogP contribution in [-0.2, 0) is 19.2 Å². The van der Waals surface area contributed by atoms with E-state index in [0.717, 1.165) is 77.8 Å². The van der Waals surface area contributed by atoms with Crippen molar-refractivity contribution in [2.75, 3.05) is 42.6 Å². The van der Waals surface area contributed by atoms with Gasteiger partial charge in [-0.15, -0.1) is 34.4 Å². The molecule has 5 N–H and O–H groups in total. The molecule has 1 aromatic carbocycles. The molecule has 0 spiro atoms. The first kappa shape index (κ1) is 33.6. The number of fused-ring (bicyclic) bond motifs is 2. The van der Waals surface area contributed by atoms with Gasteiger partial charge in [0.2, 0.25) is 0 Å². The largest absolute Gasteiger partial charge is 0.477 e. The fraction of sp³-hybridized carbons (Fsp3) is 0.375. The molecule has 4 aliphatic rings. The van der Waals surface area contributed by atoms with Crippen molar-refractivity contribution >= 4 is 90.6 Å². The lowest BCUT2D eigenvalue weighted by atomic mass is 10.0. The van der Waals surface area contributed by atoms with Crippen LogP contribution >= 0.6 is 46.2 Å². The normalized spacial score (nSPS) is 21.7. The summed E-state index contributed by atoms with van der Waals surface area (Å²) in [5.41, 5.74) is 7.28. The molecular formula is C32H33N7O6S4. The maximum Gasteiger partial charge on any atom is 0.352 e. The van der Waals surface area contributed by atoms with Crippen molar-refractivity contribution < 1.29 is 24.3 Å². The van der Waals surface area contributed by atoms with Crippen LogP contribution in [0.25, 0.3) is 10.1 Å². The number of anilines is 2. The first-order valence-electron chi connectivity index (χ1n) is 15.8. The summed E-state index contributed by atoms with van der Waals surface area (Å²) >= 11 is 5.33. The second kappa shape index (κ2) is 14.5. The predicted octanol–water partition coefficient (Wildman–Crippen LogP) is 3.42. The number of hydrogen-bond acceptors (Lipinski definition) is 14. The van der Waals surface area contributed by atoms with Crippen molar-refractivity contribution in [1.29, 1.82) is 0 Å². The number of nitrogen functional groups attached to an aromatic ring is 1. The van der Waals surface area contributed by atoms with Crippen LogP contribution in [0.1, 0.15) is 31.4 Å². The molecule has 0 radical (unpaired) electrons. The molecule has 2 saturated heterocycles. The molecule has 256 valence electrons. The van der Waals surface area contributed by atoms with Gasteiger partial charge in [-0.1, -0.05) is 16.9 Å². The van der Waals surface area contributed by atoms with E-state index in [4.69, 9.17) is 10.6 Å². The number of hydrogen-bond donors (Lipinski definition) is 4. The number of amides is 2.